The Hall–Kier alpha value is -3.07. The second kappa shape index (κ2) is 68.3. The number of carbonyl (C=O) groups excluding carboxylic acids is 2. The van der Waals surface area contributed by atoms with Crippen LogP contribution in [0.15, 0.2) is 97.2 Å². The van der Waals surface area contributed by atoms with Gasteiger partial charge >= 0.3 is 11.9 Å². The molecule has 0 amide bonds. The summed E-state index contributed by atoms with van der Waals surface area (Å²) in [6.45, 7) is 4.05. The van der Waals surface area contributed by atoms with Crippen molar-refractivity contribution in [3.8, 4) is 0 Å². The number of hydrogen-bond donors (Lipinski definition) is 0. The summed E-state index contributed by atoms with van der Waals surface area (Å²) in [5.41, 5.74) is 0. The molecule has 0 radical (unpaired) electrons. The van der Waals surface area contributed by atoms with Crippen LogP contribution in [0.5, 0.6) is 0 Å². The topological polar surface area (TPSA) is 111 Å². The van der Waals surface area contributed by atoms with Gasteiger partial charge in [-0.15, -0.1) is 0 Å². The molecule has 0 aliphatic rings. The van der Waals surface area contributed by atoms with E-state index in [2.05, 4.69) is 111 Å². The number of carbonyl (C=O) groups is 2. The molecule has 0 rings (SSSR count). The van der Waals surface area contributed by atoms with Crippen molar-refractivity contribution in [1.29, 1.82) is 0 Å². The van der Waals surface area contributed by atoms with Gasteiger partial charge in [-0.2, -0.15) is 0 Å². The number of allylic oxidation sites excluding steroid dienone is 16. The molecule has 10 heteroatoms. The Morgan fingerprint density at radius 3 is 0.909 bits per heavy atom. The lowest BCUT2D eigenvalue weighted by Gasteiger charge is -2.28. The third kappa shape index (κ3) is 72.0. The number of hydrogen-bond acceptors (Lipinski definition) is 8. The predicted octanol–water partition coefficient (Wildman–Crippen LogP) is 23.6. The summed E-state index contributed by atoms with van der Waals surface area (Å²) in [7, 11) is 1.17. The molecule has 0 aromatic heterocycles. The van der Waals surface area contributed by atoms with Crippen molar-refractivity contribution in [3.63, 3.8) is 0 Å². The number of esters is 2. The molecule has 0 heterocycles. The lowest BCUT2D eigenvalue weighted by molar-refractivity contribution is -0.870. The Kier molecular flexibility index (Phi) is 65.9. The van der Waals surface area contributed by atoms with Crippen LogP contribution in [0, 0.1) is 0 Å². The second-order valence-corrected chi connectivity index (χ2v) is 27.3. The molecule has 0 N–H and O–H groups in total. The van der Waals surface area contributed by atoms with E-state index in [4.69, 9.17) is 18.5 Å². The highest BCUT2D eigenvalue weighted by Gasteiger charge is 2.22. The Balaban J connectivity index is 3.92. The minimum Gasteiger partial charge on any atom is -0.756 e. The zero-order valence-electron chi connectivity index (χ0n) is 58.2. The van der Waals surface area contributed by atoms with Gasteiger partial charge in [0.2, 0.25) is 0 Å². The first-order valence-corrected chi connectivity index (χ1v) is 38.4. The van der Waals surface area contributed by atoms with E-state index in [1.165, 1.54) is 205 Å². The van der Waals surface area contributed by atoms with Crippen LogP contribution in [0.25, 0.3) is 0 Å². The molecule has 0 spiro atoms. The molecule has 0 aromatic rings. The van der Waals surface area contributed by atoms with Gasteiger partial charge in [0.1, 0.15) is 19.8 Å². The maximum Gasteiger partial charge on any atom is 0.306 e. The minimum atomic E-state index is -4.65. The van der Waals surface area contributed by atoms with E-state index in [1.807, 2.05) is 21.1 Å². The number of likely N-dealkylation sites (N-methyl/N-ethyl adjacent to an activating group) is 1. The van der Waals surface area contributed by atoms with E-state index >= 15 is 0 Å². The van der Waals surface area contributed by atoms with Crippen LogP contribution in [0.3, 0.4) is 0 Å². The monoisotopic (exact) mass is 1250 g/mol. The number of nitrogens with zero attached hydrogens (tertiary/aromatic N) is 1. The largest absolute Gasteiger partial charge is 0.756 e. The normalized spacial score (nSPS) is 13.7. The highest BCUT2D eigenvalue weighted by molar-refractivity contribution is 7.45. The second-order valence-electron chi connectivity index (χ2n) is 25.9. The fourth-order valence-electron chi connectivity index (χ4n) is 10.5. The molecule has 2 atom stereocenters. The van der Waals surface area contributed by atoms with Gasteiger partial charge in [-0.3, -0.25) is 14.2 Å². The smallest absolute Gasteiger partial charge is 0.306 e. The lowest BCUT2D eigenvalue weighted by Crippen LogP contribution is -2.37. The summed E-state index contributed by atoms with van der Waals surface area (Å²) in [6.07, 6.45) is 95.2. The van der Waals surface area contributed by atoms with Crippen molar-refractivity contribution in [1.82, 2.24) is 0 Å². The van der Waals surface area contributed by atoms with Crippen LogP contribution >= 0.6 is 7.82 Å². The fourth-order valence-corrected chi connectivity index (χ4v) is 11.3. The lowest BCUT2D eigenvalue weighted by atomic mass is 10.0. The van der Waals surface area contributed by atoms with Crippen LogP contribution < -0.4 is 4.89 Å². The van der Waals surface area contributed by atoms with Gasteiger partial charge in [0.25, 0.3) is 7.82 Å². The van der Waals surface area contributed by atoms with Gasteiger partial charge in [0.05, 0.1) is 27.7 Å². The Morgan fingerprint density at radius 1 is 0.352 bits per heavy atom. The third-order valence-electron chi connectivity index (χ3n) is 16.1. The van der Waals surface area contributed by atoms with E-state index in [-0.39, 0.29) is 32.0 Å². The van der Waals surface area contributed by atoms with Crippen LogP contribution in [0.1, 0.15) is 335 Å². The molecule has 0 saturated carbocycles. The van der Waals surface area contributed by atoms with Gasteiger partial charge < -0.3 is 27.9 Å². The summed E-state index contributed by atoms with van der Waals surface area (Å²) in [5, 5.41) is 0. The van der Waals surface area contributed by atoms with E-state index in [9.17, 15) is 19.0 Å². The molecular formula is C78H140NO8P. The van der Waals surface area contributed by atoms with Gasteiger partial charge in [0.15, 0.2) is 6.10 Å². The van der Waals surface area contributed by atoms with Crippen LogP contribution in [0.4, 0.5) is 0 Å². The zero-order valence-corrected chi connectivity index (χ0v) is 59.1. The van der Waals surface area contributed by atoms with E-state index in [0.29, 0.717) is 17.4 Å². The average Bonchev–Trinajstić information content (AvgIpc) is 3.58. The summed E-state index contributed by atoms with van der Waals surface area (Å²) < 4.78 is 34.3. The van der Waals surface area contributed by atoms with Gasteiger partial charge in [-0.25, -0.2) is 0 Å². The number of phosphoric acid groups is 1. The van der Waals surface area contributed by atoms with Crippen molar-refractivity contribution in [2.24, 2.45) is 0 Å². The molecule has 0 aliphatic heterocycles. The number of phosphoric ester groups is 1. The Morgan fingerprint density at radius 2 is 0.614 bits per heavy atom. The fraction of sp³-hybridized carbons (Fsp3) is 0.769. The molecule has 0 aromatic carbocycles. The molecule has 2 unspecified atom stereocenters. The molecule has 510 valence electrons. The van der Waals surface area contributed by atoms with Crippen molar-refractivity contribution in [2.75, 3.05) is 47.5 Å². The van der Waals surface area contributed by atoms with Crippen molar-refractivity contribution < 1.29 is 42.1 Å². The SMILES string of the molecule is CC/C=C\C/C=C\C/C=C\C/C=C\CCCCCCCCCCCCCCCCCCCCCCCCCCCCCCC(=O)OC(COC(=O)CCCCCCCCCCCC/C=C\C/C=C\C/C=C\C/C=C\CC)COP(=O)([O-])OCC[N+](C)(C)C. The van der Waals surface area contributed by atoms with Crippen LogP contribution in [0.2, 0.25) is 0 Å². The Bertz CT molecular complexity index is 1810. The number of rotatable bonds is 68. The van der Waals surface area contributed by atoms with Gasteiger partial charge in [-0.1, -0.05) is 329 Å². The molecule has 0 aliphatic carbocycles. The van der Waals surface area contributed by atoms with E-state index in [0.717, 1.165) is 96.3 Å². The van der Waals surface area contributed by atoms with Crippen molar-refractivity contribution >= 4 is 19.8 Å². The first-order valence-electron chi connectivity index (χ1n) is 36.9. The average molecular weight is 1250 g/mol. The number of unbranched alkanes of at least 4 members (excludes halogenated alkanes) is 38. The summed E-state index contributed by atoms with van der Waals surface area (Å²) in [6, 6.07) is 0. The summed E-state index contributed by atoms with van der Waals surface area (Å²) >= 11 is 0. The molecule has 0 saturated heterocycles. The number of quaternary nitrogens is 1. The number of ether oxygens (including phenoxy) is 2. The van der Waals surface area contributed by atoms with E-state index < -0.39 is 26.5 Å². The predicted molar refractivity (Wildman–Crippen MR) is 379 cm³/mol. The highest BCUT2D eigenvalue weighted by Crippen LogP contribution is 2.38. The highest BCUT2D eigenvalue weighted by atomic mass is 31.2. The molecule has 0 fully saturated rings. The Labute approximate surface area is 544 Å². The van der Waals surface area contributed by atoms with Crippen molar-refractivity contribution in [2.45, 2.75) is 341 Å². The van der Waals surface area contributed by atoms with Crippen LogP contribution in [-0.2, 0) is 32.7 Å². The first kappa shape index (κ1) is 84.9. The quantitative estimate of drug-likeness (QED) is 0.0195. The summed E-state index contributed by atoms with van der Waals surface area (Å²) in [5.74, 6) is -0.827. The minimum absolute atomic E-state index is 0.0326. The van der Waals surface area contributed by atoms with Gasteiger partial charge in [0, 0.05) is 12.8 Å². The summed E-state index contributed by atoms with van der Waals surface area (Å²) in [4.78, 5) is 38.1. The van der Waals surface area contributed by atoms with Crippen molar-refractivity contribution in [3.05, 3.63) is 97.2 Å². The van der Waals surface area contributed by atoms with Gasteiger partial charge in [-0.05, 0) is 89.9 Å². The van der Waals surface area contributed by atoms with E-state index in [1.54, 1.807) is 0 Å². The standard InChI is InChI=1S/C78H140NO8P/c1-6-8-10-12-14-16-18-20-22-24-26-28-30-31-32-33-34-35-36-37-38-39-40-41-42-43-44-45-46-47-49-51-53-55-57-59-61-63-65-67-69-71-78(81)87-76(75-86-88(82,83)85-73-72-79(3,4)5)74-84-77(80)70-68-66-64-62-60-58-56-54-52-50-48-29-27-25-23-21-19-17-15-13-11-9-7-2/h8-11,14-17,20-23,26-29,76H,6-7,12-13,18-19,24-25,30-75H2,1-5H3/b10-8-,11-9-,16-14-,17-15-,22-20-,23-21-,28-26-,29-27-. The molecular weight excluding hydrogens is 1110 g/mol. The first-order chi connectivity index (χ1) is 43.0. The third-order valence-corrected chi connectivity index (χ3v) is 17.1. The zero-order chi connectivity index (χ0) is 64.1. The maximum atomic E-state index is 12.9. The molecule has 88 heavy (non-hydrogen) atoms. The maximum absolute atomic E-state index is 12.9. The van der Waals surface area contributed by atoms with Crippen LogP contribution in [-0.4, -0.2) is 70.0 Å². The molecule has 9 nitrogen and oxygen atoms in total. The molecule has 0 bridgehead atoms.